The van der Waals surface area contributed by atoms with E-state index >= 15 is 0 Å². The summed E-state index contributed by atoms with van der Waals surface area (Å²) in [4.78, 5) is 14.3. The second-order valence-electron chi connectivity index (χ2n) is 5.66. The molecule has 0 N–H and O–H groups in total. The first-order valence-electron chi connectivity index (χ1n) is 7.90. The van der Waals surface area contributed by atoms with Crippen LogP contribution in [0.4, 0.5) is 4.39 Å². The highest BCUT2D eigenvalue weighted by atomic mass is 19.1. The first-order valence-corrected chi connectivity index (χ1v) is 7.90. The zero-order valence-electron chi connectivity index (χ0n) is 12.9. The highest BCUT2D eigenvalue weighted by Crippen LogP contribution is 2.14. The van der Waals surface area contributed by atoms with E-state index in [9.17, 15) is 9.18 Å². The van der Waals surface area contributed by atoms with Gasteiger partial charge in [0.25, 0.3) is 5.91 Å². The van der Waals surface area contributed by atoms with Gasteiger partial charge in [0.05, 0.1) is 5.56 Å². The first kappa shape index (κ1) is 15.3. The Morgan fingerprint density at radius 2 is 1.61 bits per heavy atom. The predicted molar refractivity (Wildman–Crippen MR) is 88.6 cm³/mol. The minimum Gasteiger partial charge on any atom is -0.339 e. The number of hydrogen-bond acceptors (Lipinski definition) is 1. The molecule has 0 unspecified atom stereocenters. The third kappa shape index (κ3) is 3.78. The van der Waals surface area contributed by atoms with Crippen LogP contribution in [0, 0.1) is 17.7 Å². The van der Waals surface area contributed by atoms with Crippen molar-refractivity contribution in [3.63, 3.8) is 0 Å². The highest BCUT2D eigenvalue weighted by molar-refractivity contribution is 5.94. The lowest BCUT2D eigenvalue weighted by molar-refractivity contribution is 0.0724. The van der Waals surface area contributed by atoms with Crippen LogP contribution in [0.2, 0.25) is 0 Å². The van der Waals surface area contributed by atoms with Crippen LogP contribution in [0.15, 0.2) is 48.5 Å². The van der Waals surface area contributed by atoms with Gasteiger partial charge in [-0.1, -0.05) is 24.0 Å². The number of halogens is 1. The molecule has 0 saturated carbocycles. The van der Waals surface area contributed by atoms with Crippen molar-refractivity contribution in [1.29, 1.82) is 0 Å². The summed E-state index contributed by atoms with van der Waals surface area (Å²) in [5, 5.41) is 0. The molecule has 0 aromatic heterocycles. The SMILES string of the molecule is O=C(c1ccc(C#Cc2ccccc2F)cc1)N1CCCCC1. The molecule has 0 radical (unpaired) electrons. The normalized spacial score (nSPS) is 14.0. The molecule has 0 bridgehead atoms. The largest absolute Gasteiger partial charge is 0.339 e. The molecule has 0 aliphatic carbocycles. The van der Waals surface area contributed by atoms with E-state index in [2.05, 4.69) is 11.8 Å². The van der Waals surface area contributed by atoms with E-state index in [1.165, 1.54) is 12.5 Å². The molecule has 1 amide bonds. The Balaban J connectivity index is 1.73. The minimum atomic E-state index is -0.322. The van der Waals surface area contributed by atoms with Crippen LogP contribution in [-0.4, -0.2) is 23.9 Å². The number of amides is 1. The molecule has 3 rings (SSSR count). The second-order valence-corrected chi connectivity index (χ2v) is 5.66. The second kappa shape index (κ2) is 7.11. The summed E-state index contributed by atoms with van der Waals surface area (Å²) >= 11 is 0. The molecular formula is C20H18FNO. The van der Waals surface area contributed by atoms with Crippen LogP contribution in [-0.2, 0) is 0 Å². The lowest BCUT2D eigenvalue weighted by Gasteiger charge is -2.26. The van der Waals surface area contributed by atoms with Crippen molar-refractivity contribution in [2.45, 2.75) is 19.3 Å². The molecule has 1 aliphatic heterocycles. The van der Waals surface area contributed by atoms with Crippen molar-refractivity contribution in [2.75, 3.05) is 13.1 Å². The van der Waals surface area contributed by atoms with Gasteiger partial charge in [0.2, 0.25) is 0 Å². The lowest BCUT2D eigenvalue weighted by Crippen LogP contribution is -2.35. The summed E-state index contributed by atoms with van der Waals surface area (Å²) in [7, 11) is 0. The average Bonchev–Trinajstić information content (AvgIpc) is 2.62. The number of likely N-dealkylation sites (tertiary alicyclic amines) is 1. The van der Waals surface area contributed by atoms with Crippen LogP contribution in [0.25, 0.3) is 0 Å². The van der Waals surface area contributed by atoms with Gasteiger partial charge in [-0.25, -0.2) is 4.39 Å². The number of piperidine rings is 1. The van der Waals surface area contributed by atoms with E-state index in [1.807, 2.05) is 17.0 Å². The molecule has 1 saturated heterocycles. The maximum atomic E-state index is 13.5. The van der Waals surface area contributed by atoms with Gasteiger partial charge in [0, 0.05) is 24.2 Å². The van der Waals surface area contributed by atoms with E-state index in [0.29, 0.717) is 11.1 Å². The molecule has 2 aromatic rings. The number of nitrogens with zero attached hydrogens (tertiary/aromatic N) is 1. The molecule has 23 heavy (non-hydrogen) atoms. The summed E-state index contributed by atoms with van der Waals surface area (Å²) in [6, 6.07) is 13.6. The molecule has 1 fully saturated rings. The van der Waals surface area contributed by atoms with Gasteiger partial charge < -0.3 is 4.90 Å². The number of hydrogen-bond donors (Lipinski definition) is 0. The smallest absolute Gasteiger partial charge is 0.253 e. The Kier molecular flexibility index (Phi) is 4.73. The van der Waals surface area contributed by atoms with Crippen molar-refractivity contribution in [3.8, 4) is 11.8 Å². The molecule has 1 aliphatic rings. The van der Waals surface area contributed by atoms with Crippen molar-refractivity contribution in [2.24, 2.45) is 0 Å². The van der Waals surface area contributed by atoms with Gasteiger partial charge in [-0.05, 0) is 55.7 Å². The standard InChI is InChI=1S/C20H18FNO/c21-19-7-3-2-6-17(19)11-8-16-9-12-18(13-10-16)20(23)22-14-4-1-5-15-22/h2-3,6-7,9-10,12-13H,1,4-5,14-15H2. The first-order chi connectivity index (χ1) is 11.2. The van der Waals surface area contributed by atoms with Crippen molar-refractivity contribution < 1.29 is 9.18 Å². The highest BCUT2D eigenvalue weighted by Gasteiger charge is 2.17. The summed E-state index contributed by atoms with van der Waals surface area (Å²) in [5.74, 6) is 5.51. The molecule has 3 heteroatoms. The Morgan fingerprint density at radius 1 is 0.913 bits per heavy atom. The molecule has 2 aromatic carbocycles. The minimum absolute atomic E-state index is 0.0818. The van der Waals surface area contributed by atoms with E-state index in [1.54, 1.807) is 30.3 Å². The maximum Gasteiger partial charge on any atom is 0.253 e. The van der Waals surface area contributed by atoms with Crippen molar-refractivity contribution in [3.05, 3.63) is 71.0 Å². The molecule has 0 atom stereocenters. The summed E-state index contributed by atoms with van der Waals surface area (Å²) < 4.78 is 13.5. The summed E-state index contributed by atoms with van der Waals surface area (Å²) in [6.45, 7) is 1.68. The topological polar surface area (TPSA) is 20.3 Å². The average molecular weight is 307 g/mol. The zero-order valence-corrected chi connectivity index (χ0v) is 12.9. The fourth-order valence-corrected chi connectivity index (χ4v) is 2.68. The van der Waals surface area contributed by atoms with Crippen LogP contribution in [0.1, 0.15) is 40.7 Å². The fraction of sp³-hybridized carbons (Fsp3) is 0.250. The molecule has 0 spiro atoms. The fourth-order valence-electron chi connectivity index (χ4n) is 2.68. The van der Waals surface area contributed by atoms with Crippen LogP contribution in [0.3, 0.4) is 0 Å². The van der Waals surface area contributed by atoms with Crippen molar-refractivity contribution in [1.82, 2.24) is 4.90 Å². The molecule has 2 nitrogen and oxygen atoms in total. The Hall–Kier alpha value is -2.60. The molecular weight excluding hydrogens is 289 g/mol. The summed E-state index contributed by atoms with van der Waals surface area (Å²) in [6.07, 6.45) is 3.37. The van der Waals surface area contributed by atoms with Crippen LogP contribution < -0.4 is 0 Å². The Bertz CT molecular complexity index is 749. The third-order valence-electron chi connectivity index (χ3n) is 3.99. The van der Waals surface area contributed by atoms with Gasteiger partial charge in [0.15, 0.2) is 0 Å². The predicted octanol–water partition coefficient (Wildman–Crippen LogP) is 3.85. The molecule has 1 heterocycles. The molecule has 116 valence electrons. The number of rotatable bonds is 1. The number of carbonyl (C=O) groups excluding carboxylic acids is 1. The number of benzene rings is 2. The van der Waals surface area contributed by atoms with Gasteiger partial charge in [-0.3, -0.25) is 4.79 Å². The third-order valence-corrected chi connectivity index (χ3v) is 3.99. The lowest BCUT2D eigenvalue weighted by atomic mass is 10.1. The van der Waals surface area contributed by atoms with E-state index < -0.39 is 0 Å². The van der Waals surface area contributed by atoms with Gasteiger partial charge in [0.1, 0.15) is 5.82 Å². The number of carbonyl (C=O) groups is 1. The van der Waals surface area contributed by atoms with Gasteiger partial charge in [-0.15, -0.1) is 0 Å². The van der Waals surface area contributed by atoms with E-state index in [4.69, 9.17) is 0 Å². The van der Waals surface area contributed by atoms with Crippen LogP contribution in [0.5, 0.6) is 0 Å². The van der Waals surface area contributed by atoms with Gasteiger partial charge in [-0.2, -0.15) is 0 Å². The van der Waals surface area contributed by atoms with Crippen molar-refractivity contribution >= 4 is 5.91 Å². The summed E-state index contributed by atoms with van der Waals surface area (Å²) in [5.41, 5.74) is 1.83. The van der Waals surface area contributed by atoms with E-state index in [-0.39, 0.29) is 11.7 Å². The maximum absolute atomic E-state index is 13.5. The van der Waals surface area contributed by atoms with Gasteiger partial charge >= 0.3 is 0 Å². The quantitative estimate of drug-likeness (QED) is 0.733. The Labute approximate surface area is 135 Å². The van der Waals surface area contributed by atoms with E-state index in [0.717, 1.165) is 31.5 Å². The van der Waals surface area contributed by atoms with Crippen LogP contribution >= 0.6 is 0 Å². The Morgan fingerprint density at radius 3 is 2.30 bits per heavy atom. The zero-order chi connectivity index (χ0) is 16.1. The monoisotopic (exact) mass is 307 g/mol.